The Hall–Kier alpha value is -1.32. The summed E-state index contributed by atoms with van der Waals surface area (Å²) in [4.78, 5) is 0. The Morgan fingerprint density at radius 2 is 2.10 bits per heavy atom. The van der Waals surface area contributed by atoms with Crippen molar-refractivity contribution >= 4 is 11.6 Å². The van der Waals surface area contributed by atoms with E-state index in [1.165, 1.54) is 16.8 Å². The van der Waals surface area contributed by atoms with Gasteiger partial charge in [0.15, 0.2) is 0 Å². The summed E-state index contributed by atoms with van der Waals surface area (Å²) in [5, 5.41) is 8.81. The minimum atomic E-state index is 0.148. The molecule has 3 nitrogen and oxygen atoms in total. The highest BCUT2D eigenvalue weighted by Gasteiger charge is 2.40. The van der Waals surface area contributed by atoms with E-state index >= 15 is 0 Å². The predicted molar refractivity (Wildman–Crippen MR) is 87.1 cm³/mol. The molecule has 0 radical (unpaired) electrons. The number of nitrogens with one attached hydrogen (secondary N) is 1. The summed E-state index contributed by atoms with van der Waals surface area (Å²) in [6.07, 6.45) is 0.941. The summed E-state index contributed by atoms with van der Waals surface area (Å²) < 4.78 is 2.05. The monoisotopic (exact) mass is 303 g/mol. The van der Waals surface area contributed by atoms with Gasteiger partial charge in [0, 0.05) is 31.5 Å². The largest absolute Gasteiger partial charge is 0.315 e. The molecule has 1 aliphatic rings. The standard InChI is InChI=1S/C17H22ClN3/c1-4-21-15(16(18)13(3)20-21)9-17(10-19-11-17)14-7-5-6-12(2)8-14/h5-8,19H,4,9-11H2,1-3H3. The molecular formula is C17H22ClN3. The van der Waals surface area contributed by atoms with Crippen LogP contribution in [0.5, 0.6) is 0 Å². The zero-order chi connectivity index (χ0) is 15.0. The summed E-state index contributed by atoms with van der Waals surface area (Å²) in [7, 11) is 0. The zero-order valence-electron chi connectivity index (χ0n) is 12.9. The molecule has 0 unspecified atom stereocenters. The van der Waals surface area contributed by atoms with E-state index in [0.717, 1.165) is 36.8 Å². The number of hydrogen-bond donors (Lipinski definition) is 1. The van der Waals surface area contributed by atoms with Gasteiger partial charge in [-0.15, -0.1) is 0 Å². The summed E-state index contributed by atoms with van der Waals surface area (Å²) in [5.74, 6) is 0. The van der Waals surface area contributed by atoms with E-state index in [1.807, 2.05) is 11.6 Å². The van der Waals surface area contributed by atoms with Crippen LogP contribution < -0.4 is 5.32 Å². The van der Waals surface area contributed by atoms with Crippen LogP contribution in [0.25, 0.3) is 0 Å². The number of hydrogen-bond acceptors (Lipinski definition) is 2. The fraction of sp³-hybridized carbons (Fsp3) is 0.471. The summed E-state index contributed by atoms with van der Waals surface area (Å²) in [5.41, 5.74) is 4.96. The molecule has 112 valence electrons. The first-order valence-corrected chi connectivity index (χ1v) is 7.93. The second-order valence-corrected chi connectivity index (χ2v) is 6.47. The Labute approximate surface area is 131 Å². The van der Waals surface area contributed by atoms with Gasteiger partial charge in [-0.2, -0.15) is 5.10 Å². The quantitative estimate of drug-likeness (QED) is 0.939. The van der Waals surface area contributed by atoms with Crippen LogP contribution in [0.4, 0.5) is 0 Å². The smallest absolute Gasteiger partial charge is 0.0847 e. The number of aromatic nitrogens is 2. The Balaban J connectivity index is 1.99. The summed E-state index contributed by atoms with van der Waals surface area (Å²) in [6.45, 7) is 9.11. The van der Waals surface area contributed by atoms with Gasteiger partial charge in [-0.05, 0) is 26.3 Å². The predicted octanol–water partition coefficient (Wildman–Crippen LogP) is 3.26. The second-order valence-electron chi connectivity index (χ2n) is 6.09. The molecule has 4 heteroatoms. The van der Waals surface area contributed by atoms with Crippen LogP contribution in [0.2, 0.25) is 5.02 Å². The lowest BCUT2D eigenvalue weighted by molar-refractivity contribution is 0.268. The van der Waals surface area contributed by atoms with Crippen LogP contribution in [0.1, 0.15) is 29.4 Å². The SMILES string of the molecule is CCn1nc(C)c(Cl)c1CC1(c2cccc(C)c2)CNC1. The van der Waals surface area contributed by atoms with Gasteiger partial charge in [0.1, 0.15) is 0 Å². The fourth-order valence-electron chi connectivity index (χ4n) is 3.19. The van der Waals surface area contributed by atoms with Crippen molar-refractivity contribution in [2.24, 2.45) is 0 Å². The maximum atomic E-state index is 6.49. The molecule has 0 spiro atoms. The van der Waals surface area contributed by atoms with Crippen molar-refractivity contribution in [3.8, 4) is 0 Å². The third-order valence-electron chi connectivity index (χ3n) is 4.52. The van der Waals surface area contributed by atoms with Gasteiger partial charge in [-0.3, -0.25) is 4.68 Å². The maximum absolute atomic E-state index is 6.49. The van der Waals surface area contributed by atoms with Crippen molar-refractivity contribution in [1.82, 2.24) is 15.1 Å². The number of aryl methyl sites for hydroxylation is 3. The molecule has 2 heterocycles. The Kier molecular flexibility index (Phi) is 3.80. The van der Waals surface area contributed by atoms with Gasteiger partial charge in [-0.25, -0.2) is 0 Å². The van der Waals surface area contributed by atoms with Crippen molar-refractivity contribution in [2.45, 2.75) is 39.2 Å². The van der Waals surface area contributed by atoms with Crippen LogP contribution in [0.15, 0.2) is 24.3 Å². The van der Waals surface area contributed by atoms with Gasteiger partial charge >= 0.3 is 0 Å². The molecule has 1 fully saturated rings. The normalized spacial score (nSPS) is 16.8. The number of rotatable bonds is 4. The van der Waals surface area contributed by atoms with Crippen LogP contribution >= 0.6 is 11.6 Å². The average Bonchev–Trinajstić information content (AvgIpc) is 2.69. The van der Waals surface area contributed by atoms with Crippen LogP contribution in [0.3, 0.4) is 0 Å². The van der Waals surface area contributed by atoms with Crippen molar-refractivity contribution in [2.75, 3.05) is 13.1 Å². The van der Waals surface area contributed by atoms with E-state index < -0.39 is 0 Å². The number of halogens is 1. The van der Waals surface area contributed by atoms with Gasteiger partial charge in [0.2, 0.25) is 0 Å². The minimum Gasteiger partial charge on any atom is -0.315 e. The fourth-order valence-corrected chi connectivity index (χ4v) is 3.39. The third kappa shape index (κ3) is 2.49. The molecule has 0 aliphatic carbocycles. The maximum Gasteiger partial charge on any atom is 0.0847 e. The van der Waals surface area contributed by atoms with Crippen molar-refractivity contribution in [3.05, 3.63) is 51.8 Å². The lowest BCUT2D eigenvalue weighted by Crippen LogP contribution is -2.58. The topological polar surface area (TPSA) is 29.9 Å². The van der Waals surface area contributed by atoms with E-state index in [-0.39, 0.29) is 5.41 Å². The molecule has 1 aliphatic heterocycles. The van der Waals surface area contributed by atoms with Crippen LogP contribution in [0, 0.1) is 13.8 Å². The highest BCUT2D eigenvalue weighted by Crippen LogP contribution is 2.35. The lowest BCUT2D eigenvalue weighted by Gasteiger charge is -2.43. The molecule has 21 heavy (non-hydrogen) atoms. The van der Waals surface area contributed by atoms with Crippen molar-refractivity contribution < 1.29 is 0 Å². The molecule has 0 bridgehead atoms. The number of benzene rings is 1. The first-order valence-electron chi connectivity index (χ1n) is 7.55. The highest BCUT2D eigenvalue weighted by molar-refractivity contribution is 6.31. The van der Waals surface area contributed by atoms with Gasteiger partial charge in [0.05, 0.1) is 16.4 Å². The lowest BCUT2D eigenvalue weighted by atomic mass is 9.71. The van der Waals surface area contributed by atoms with Crippen LogP contribution in [-0.2, 0) is 18.4 Å². The molecule has 2 aromatic rings. The van der Waals surface area contributed by atoms with E-state index in [9.17, 15) is 0 Å². The van der Waals surface area contributed by atoms with Crippen LogP contribution in [-0.4, -0.2) is 22.9 Å². The van der Waals surface area contributed by atoms with Gasteiger partial charge in [0.25, 0.3) is 0 Å². The molecule has 1 aromatic heterocycles. The summed E-state index contributed by atoms with van der Waals surface area (Å²) in [6, 6.07) is 8.83. The molecule has 1 saturated heterocycles. The third-order valence-corrected chi connectivity index (χ3v) is 5.01. The second kappa shape index (κ2) is 5.47. The highest BCUT2D eigenvalue weighted by atomic mass is 35.5. The molecule has 1 N–H and O–H groups in total. The zero-order valence-corrected chi connectivity index (χ0v) is 13.7. The summed E-state index contributed by atoms with van der Waals surface area (Å²) >= 11 is 6.49. The van der Waals surface area contributed by atoms with Crippen molar-refractivity contribution in [1.29, 1.82) is 0 Å². The molecule has 0 amide bonds. The van der Waals surface area contributed by atoms with Gasteiger partial charge < -0.3 is 5.32 Å². The van der Waals surface area contributed by atoms with E-state index in [0.29, 0.717) is 0 Å². The van der Waals surface area contributed by atoms with E-state index in [4.69, 9.17) is 11.6 Å². The van der Waals surface area contributed by atoms with E-state index in [1.54, 1.807) is 0 Å². The molecule has 0 atom stereocenters. The number of nitrogens with zero attached hydrogens (tertiary/aromatic N) is 2. The Morgan fingerprint density at radius 1 is 1.33 bits per heavy atom. The molecule has 3 rings (SSSR count). The molecule has 1 aromatic carbocycles. The first-order chi connectivity index (χ1) is 10.1. The van der Waals surface area contributed by atoms with E-state index in [2.05, 4.69) is 48.5 Å². The molecular weight excluding hydrogens is 282 g/mol. The average molecular weight is 304 g/mol. The minimum absolute atomic E-state index is 0.148. The molecule has 0 saturated carbocycles. The van der Waals surface area contributed by atoms with Crippen molar-refractivity contribution in [3.63, 3.8) is 0 Å². The van der Waals surface area contributed by atoms with Gasteiger partial charge in [-0.1, -0.05) is 41.4 Å². The Bertz CT molecular complexity index is 656. The first kappa shape index (κ1) is 14.6. The Morgan fingerprint density at radius 3 is 2.67 bits per heavy atom.